The predicted octanol–water partition coefficient (Wildman–Crippen LogP) is 3.04. The Morgan fingerprint density at radius 1 is 1.14 bits per heavy atom. The van der Waals surface area contributed by atoms with E-state index in [4.69, 9.17) is 9.47 Å². The standard InChI is InChI=1S/C12H18O2/c1-5-10-6-11(13-4)8-12(7-10)14-9(2)3/h6-9H,5H2,1-4H3. The molecule has 0 saturated heterocycles. The predicted molar refractivity (Wildman–Crippen MR) is 58.1 cm³/mol. The topological polar surface area (TPSA) is 18.5 Å². The van der Waals surface area contributed by atoms with Crippen molar-refractivity contribution < 1.29 is 9.47 Å². The highest BCUT2D eigenvalue weighted by atomic mass is 16.5. The number of benzene rings is 1. The van der Waals surface area contributed by atoms with Crippen molar-refractivity contribution in [2.45, 2.75) is 33.3 Å². The maximum Gasteiger partial charge on any atom is 0.123 e. The highest BCUT2D eigenvalue weighted by Crippen LogP contribution is 2.23. The first-order valence-corrected chi connectivity index (χ1v) is 5.00. The van der Waals surface area contributed by atoms with Crippen LogP contribution in [0.1, 0.15) is 26.3 Å². The van der Waals surface area contributed by atoms with Gasteiger partial charge >= 0.3 is 0 Å². The van der Waals surface area contributed by atoms with Crippen LogP contribution in [0.15, 0.2) is 18.2 Å². The summed E-state index contributed by atoms with van der Waals surface area (Å²) in [5.41, 5.74) is 1.24. The van der Waals surface area contributed by atoms with Crippen LogP contribution in [0.4, 0.5) is 0 Å². The van der Waals surface area contributed by atoms with Gasteiger partial charge in [-0.2, -0.15) is 0 Å². The Morgan fingerprint density at radius 3 is 2.29 bits per heavy atom. The highest BCUT2D eigenvalue weighted by Gasteiger charge is 2.02. The van der Waals surface area contributed by atoms with Gasteiger partial charge in [-0.25, -0.2) is 0 Å². The lowest BCUT2D eigenvalue weighted by Crippen LogP contribution is -2.05. The van der Waals surface area contributed by atoms with Gasteiger partial charge in [-0.3, -0.25) is 0 Å². The average Bonchev–Trinajstić information content (AvgIpc) is 2.16. The lowest BCUT2D eigenvalue weighted by molar-refractivity contribution is 0.241. The molecule has 0 atom stereocenters. The summed E-state index contributed by atoms with van der Waals surface area (Å²) in [6.45, 7) is 6.16. The van der Waals surface area contributed by atoms with Gasteiger partial charge in [0.2, 0.25) is 0 Å². The van der Waals surface area contributed by atoms with E-state index in [0.717, 1.165) is 17.9 Å². The minimum atomic E-state index is 0.201. The van der Waals surface area contributed by atoms with Crippen LogP contribution in [0.25, 0.3) is 0 Å². The molecule has 0 fully saturated rings. The van der Waals surface area contributed by atoms with Crippen molar-refractivity contribution >= 4 is 0 Å². The van der Waals surface area contributed by atoms with Crippen molar-refractivity contribution in [2.24, 2.45) is 0 Å². The molecule has 2 nitrogen and oxygen atoms in total. The number of methoxy groups -OCH3 is 1. The van der Waals surface area contributed by atoms with E-state index in [1.807, 2.05) is 26.0 Å². The van der Waals surface area contributed by atoms with E-state index < -0.39 is 0 Å². The second-order valence-electron chi connectivity index (χ2n) is 3.54. The Bertz CT molecular complexity index is 270. The molecule has 1 aromatic rings. The molecule has 0 bridgehead atoms. The van der Waals surface area contributed by atoms with Crippen LogP contribution in [-0.2, 0) is 6.42 Å². The van der Waals surface area contributed by atoms with E-state index in [1.54, 1.807) is 7.11 Å². The van der Waals surface area contributed by atoms with Gasteiger partial charge < -0.3 is 9.47 Å². The molecule has 1 aromatic carbocycles. The molecular weight excluding hydrogens is 176 g/mol. The SMILES string of the molecule is CCc1cc(OC)cc(OC(C)C)c1. The van der Waals surface area contributed by atoms with Crippen molar-refractivity contribution in [3.05, 3.63) is 23.8 Å². The zero-order valence-corrected chi connectivity index (χ0v) is 9.33. The van der Waals surface area contributed by atoms with Gasteiger partial charge in [-0.05, 0) is 38.0 Å². The van der Waals surface area contributed by atoms with Gasteiger partial charge in [0.1, 0.15) is 11.5 Å². The zero-order chi connectivity index (χ0) is 10.6. The third kappa shape index (κ3) is 2.95. The fourth-order valence-corrected chi connectivity index (χ4v) is 1.29. The van der Waals surface area contributed by atoms with Gasteiger partial charge in [0.25, 0.3) is 0 Å². The largest absolute Gasteiger partial charge is 0.497 e. The first kappa shape index (κ1) is 10.9. The number of rotatable bonds is 4. The minimum Gasteiger partial charge on any atom is -0.497 e. The first-order chi connectivity index (χ1) is 6.65. The quantitative estimate of drug-likeness (QED) is 0.733. The molecule has 0 spiro atoms. The molecule has 0 unspecified atom stereocenters. The molecule has 1 rings (SSSR count). The number of hydrogen-bond donors (Lipinski definition) is 0. The van der Waals surface area contributed by atoms with E-state index in [9.17, 15) is 0 Å². The molecule has 0 aliphatic heterocycles. The summed E-state index contributed by atoms with van der Waals surface area (Å²) < 4.78 is 10.8. The molecule has 0 aliphatic rings. The molecule has 0 aliphatic carbocycles. The fourth-order valence-electron chi connectivity index (χ4n) is 1.29. The van der Waals surface area contributed by atoms with E-state index in [0.29, 0.717) is 0 Å². The lowest BCUT2D eigenvalue weighted by atomic mass is 10.1. The summed E-state index contributed by atoms with van der Waals surface area (Å²) in [7, 11) is 1.67. The average molecular weight is 194 g/mol. The molecular formula is C12H18O2. The maximum absolute atomic E-state index is 5.62. The van der Waals surface area contributed by atoms with Gasteiger partial charge in [-0.1, -0.05) is 6.92 Å². The van der Waals surface area contributed by atoms with Gasteiger partial charge in [-0.15, -0.1) is 0 Å². The smallest absolute Gasteiger partial charge is 0.123 e. The molecule has 0 N–H and O–H groups in total. The Hall–Kier alpha value is -1.18. The summed E-state index contributed by atoms with van der Waals surface area (Å²) in [5, 5.41) is 0. The van der Waals surface area contributed by atoms with Crippen LogP contribution in [0, 0.1) is 0 Å². The highest BCUT2D eigenvalue weighted by molar-refractivity contribution is 5.38. The van der Waals surface area contributed by atoms with Crippen LogP contribution in [-0.4, -0.2) is 13.2 Å². The van der Waals surface area contributed by atoms with Crippen molar-refractivity contribution in [3.8, 4) is 11.5 Å². The van der Waals surface area contributed by atoms with Crippen molar-refractivity contribution in [3.63, 3.8) is 0 Å². The third-order valence-corrected chi connectivity index (χ3v) is 1.96. The monoisotopic (exact) mass is 194 g/mol. The van der Waals surface area contributed by atoms with Crippen LogP contribution >= 0.6 is 0 Å². The van der Waals surface area contributed by atoms with E-state index in [2.05, 4.69) is 13.0 Å². The summed E-state index contributed by atoms with van der Waals surface area (Å²) in [5.74, 6) is 1.75. The molecule has 0 aromatic heterocycles. The molecule has 0 radical (unpaired) electrons. The molecule has 78 valence electrons. The van der Waals surface area contributed by atoms with E-state index in [-0.39, 0.29) is 6.10 Å². The van der Waals surface area contributed by atoms with Crippen molar-refractivity contribution in [1.29, 1.82) is 0 Å². The Labute approximate surface area is 85.8 Å². The number of aryl methyl sites for hydroxylation is 1. The maximum atomic E-state index is 5.62. The van der Waals surface area contributed by atoms with Crippen molar-refractivity contribution in [1.82, 2.24) is 0 Å². The fraction of sp³-hybridized carbons (Fsp3) is 0.500. The number of hydrogen-bond acceptors (Lipinski definition) is 2. The third-order valence-electron chi connectivity index (χ3n) is 1.96. The summed E-state index contributed by atoms with van der Waals surface area (Å²) >= 11 is 0. The van der Waals surface area contributed by atoms with E-state index in [1.165, 1.54) is 5.56 Å². The molecule has 2 heteroatoms. The van der Waals surface area contributed by atoms with Gasteiger partial charge in [0, 0.05) is 6.07 Å². The minimum absolute atomic E-state index is 0.201. The van der Waals surface area contributed by atoms with Crippen LogP contribution < -0.4 is 9.47 Å². The van der Waals surface area contributed by atoms with Gasteiger partial charge in [0.05, 0.1) is 13.2 Å². The second-order valence-corrected chi connectivity index (χ2v) is 3.54. The number of ether oxygens (including phenoxy) is 2. The summed E-state index contributed by atoms with van der Waals surface area (Å²) in [4.78, 5) is 0. The van der Waals surface area contributed by atoms with Crippen molar-refractivity contribution in [2.75, 3.05) is 7.11 Å². The van der Waals surface area contributed by atoms with Crippen LogP contribution in [0.5, 0.6) is 11.5 Å². The Balaban J connectivity index is 2.92. The lowest BCUT2D eigenvalue weighted by Gasteiger charge is -2.12. The summed E-state index contributed by atoms with van der Waals surface area (Å²) in [6, 6.07) is 6.01. The Morgan fingerprint density at radius 2 is 1.79 bits per heavy atom. The van der Waals surface area contributed by atoms with Crippen LogP contribution in [0.2, 0.25) is 0 Å². The molecule has 14 heavy (non-hydrogen) atoms. The molecule has 0 amide bonds. The Kier molecular flexibility index (Phi) is 3.81. The molecule has 0 saturated carbocycles. The summed E-state index contributed by atoms with van der Waals surface area (Å²) in [6.07, 6.45) is 1.19. The van der Waals surface area contributed by atoms with Gasteiger partial charge in [0.15, 0.2) is 0 Å². The normalized spacial score (nSPS) is 10.4. The van der Waals surface area contributed by atoms with Crippen LogP contribution in [0.3, 0.4) is 0 Å². The zero-order valence-electron chi connectivity index (χ0n) is 9.33. The first-order valence-electron chi connectivity index (χ1n) is 5.00. The van der Waals surface area contributed by atoms with E-state index >= 15 is 0 Å². The second kappa shape index (κ2) is 4.89. The molecule has 0 heterocycles.